The lowest BCUT2D eigenvalue weighted by Crippen LogP contribution is -2.33. The van der Waals surface area contributed by atoms with Gasteiger partial charge in [0, 0.05) is 50.3 Å². The minimum atomic E-state index is 0.308. The number of aryl methyl sites for hydroxylation is 2. The molecule has 0 aliphatic heterocycles. The summed E-state index contributed by atoms with van der Waals surface area (Å²) in [6.45, 7) is 2.69. The van der Waals surface area contributed by atoms with E-state index in [1.165, 1.54) is 24.0 Å². The van der Waals surface area contributed by atoms with Crippen molar-refractivity contribution in [2.75, 3.05) is 13.2 Å². The van der Waals surface area contributed by atoms with Crippen molar-refractivity contribution < 1.29 is 19.3 Å². The maximum absolute atomic E-state index is 8.80. The molecule has 2 N–H and O–H groups in total. The Hall–Kier alpha value is -1.78. The minimum Gasteiger partial charge on any atom is -0.396 e. The van der Waals surface area contributed by atoms with E-state index in [1.54, 1.807) is 0 Å². The first-order valence-electron chi connectivity index (χ1n) is 10.0. The second-order valence-electron chi connectivity index (χ2n) is 6.92. The molecule has 0 atom stereocenters. The Kier molecular flexibility index (Phi) is 9.91. The van der Waals surface area contributed by atoms with Crippen LogP contribution >= 0.6 is 0 Å². The molecule has 0 aromatic carbocycles. The van der Waals surface area contributed by atoms with E-state index in [1.807, 2.05) is 0 Å². The van der Waals surface area contributed by atoms with E-state index >= 15 is 0 Å². The van der Waals surface area contributed by atoms with E-state index in [9.17, 15) is 0 Å². The molecule has 26 heavy (non-hydrogen) atoms. The molecule has 0 bridgehead atoms. The number of aliphatic hydroxyl groups is 2. The molecule has 0 saturated carbocycles. The van der Waals surface area contributed by atoms with Crippen LogP contribution in [0.2, 0.25) is 0 Å². The highest BCUT2D eigenvalue weighted by molar-refractivity contribution is 5.60. The molecule has 0 spiro atoms. The zero-order chi connectivity index (χ0) is 18.5. The highest BCUT2D eigenvalue weighted by atomic mass is 16.3. The van der Waals surface area contributed by atoms with Crippen LogP contribution in [-0.2, 0) is 13.1 Å². The Balaban J connectivity index is 1.77. The Bertz CT molecular complexity index is 541. The largest absolute Gasteiger partial charge is 0.396 e. The predicted molar refractivity (Wildman–Crippen MR) is 103 cm³/mol. The topological polar surface area (TPSA) is 48.2 Å². The summed E-state index contributed by atoms with van der Waals surface area (Å²) in [5, 5.41) is 17.6. The summed E-state index contributed by atoms with van der Waals surface area (Å²) < 4.78 is 4.47. The molecule has 0 saturated heterocycles. The molecule has 2 aromatic rings. The molecule has 4 nitrogen and oxygen atoms in total. The highest BCUT2D eigenvalue weighted by Gasteiger charge is 2.06. The van der Waals surface area contributed by atoms with Crippen LogP contribution in [0.4, 0.5) is 0 Å². The number of unbranched alkanes of at least 4 members (excludes halogenated alkanes) is 6. The van der Waals surface area contributed by atoms with Gasteiger partial charge >= 0.3 is 0 Å². The van der Waals surface area contributed by atoms with Crippen LogP contribution in [-0.4, -0.2) is 23.4 Å². The third kappa shape index (κ3) is 7.63. The zero-order valence-electron chi connectivity index (χ0n) is 15.9. The van der Waals surface area contributed by atoms with E-state index in [2.05, 4.69) is 58.2 Å². The van der Waals surface area contributed by atoms with Crippen LogP contribution in [0.3, 0.4) is 0 Å². The maximum Gasteiger partial charge on any atom is 0.169 e. The fraction of sp³-hybridized carbons (Fsp3) is 0.545. The van der Waals surface area contributed by atoms with Gasteiger partial charge in [-0.05, 0) is 36.8 Å². The normalized spacial score (nSPS) is 11.0. The average molecular weight is 359 g/mol. The Morgan fingerprint density at radius 3 is 1.19 bits per heavy atom. The number of hydrogen-bond donors (Lipinski definition) is 2. The zero-order valence-corrected chi connectivity index (χ0v) is 15.9. The molecule has 2 heterocycles. The van der Waals surface area contributed by atoms with Gasteiger partial charge in [0.2, 0.25) is 0 Å². The third-order valence-corrected chi connectivity index (χ3v) is 4.76. The van der Waals surface area contributed by atoms with Crippen molar-refractivity contribution in [3.8, 4) is 11.1 Å². The van der Waals surface area contributed by atoms with E-state index < -0.39 is 0 Å². The van der Waals surface area contributed by atoms with Crippen LogP contribution in [0.25, 0.3) is 11.1 Å². The van der Waals surface area contributed by atoms with Gasteiger partial charge in [0.05, 0.1) is 0 Å². The van der Waals surface area contributed by atoms with Crippen molar-refractivity contribution in [3.63, 3.8) is 0 Å². The number of hydrogen-bond acceptors (Lipinski definition) is 2. The fourth-order valence-corrected chi connectivity index (χ4v) is 3.12. The van der Waals surface area contributed by atoms with E-state index in [4.69, 9.17) is 10.2 Å². The molecular weight excluding hydrogens is 324 g/mol. The summed E-state index contributed by atoms with van der Waals surface area (Å²) in [5.74, 6) is 0. The van der Waals surface area contributed by atoms with Crippen LogP contribution in [0.1, 0.15) is 51.4 Å². The summed E-state index contributed by atoms with van der Waals surface area (Å²) in [5.41, 5.74) is 2.49. The predicted octanol–water partition coefficient (Wildman–Crippen LogP) is 3.03. The molecular formula is C22H34N2O2+2. The van der Waals surface area contributed by atoms with Crippen LogP contribution in [0.5, 0.6) is 0 Å². The highest BCUT2D eigenvalue weighted by Crippen LogP contribution is 2.15. The van der Waals surface area contributed by atoms with Crippen LogP contribution in [0.15, 0.2) is 49.1 Å². The first kappa shape index (κ1) is 20.5. The lowest BCUT2D eigenvalue weighted by Gasteiger charge is -2.02. The maximum atomic E-state index is 8.80. The van der Waals surface area contributed by atoms with Gasteiger partial charge < -0.3 is 10.2 Å². The van der Waals surface area contributed by atoms with Crippen molar-refractivity contribution in [2.45, 2.75) is 64.5 Å². The van der Waals surface area contributed by atoms with E-state index in [0.717, 1.165) is 51.6 Å². The standard InChI is InChI=1S/C22H34N2O2/c25-19-7-3-1-5-13-23-15-9-21(10-16-23)22-11-17-24(18-12-22)14-6-2-4-8-20-26/h9-12,15-18,25-26H,1-8,13-14,19-20H2/q+2. The number of rotatable bonds is 13. The van der Waals surface area contributed by atoms with Crippen molar-refractivity contribution >= 4 is 0 Å². The van der Waals surface area contributed by atoms with Crippen molar-refractivity contribution in [3.05, 3.63) is 49.1 Å². The van der Waals surface area contributed by atoms with E-state index in [0.29, 0.717) is 13.2 Å². The minimum absolute atomic E-state index is 0.308. The molecule has 142 valence electrons. The summed E-state index contributed by atoms with van der Waals surface area (Å²) in [6.07, 6.45) is 17.4. The number of nitrogens with zero attached hydrogens (tertiary/aromatic N) is 2. The lowest BCUT2D eigenvalue weighted by atomic mass is 10.1. The van der Waals surface area contributed by atoms with Gasteiger partial charge in [0.1, 0.15) is 13.1 Å². The molecule has 4 heteroatoms. The van der Waals surface area contributed by atoms with Gasteiger partial charge in [-0.1, -0.05) is 12.8 Å². The molecule has 2 aromatic heterocycles. The van der Waals surface area contributed by atoms with Crippen molar-refractivity contribution in [2.24, 2.45) is 0 Å². The molecule has 0 radical (unpaired) electrons. The van der Waals surface area contributed by atoms with Gasteiger partial charge in [0.25, 0.3) is 0 Å². The number of pyridine rings is 2. The summed E-state index contributed by atoms with van der Waals surface area (Å²) >= 11 is 0. The summed E-state index contributed by atoms with van der Waals surface area (Å²) in [7, 11) is 0. The van der Waals surface area contributed by atoms with Crippen molar-refractivity contribution in [1.82, 2.24) is 0 Å². The first-order chi connectivity index (χ1) is 12.8. The second kappa shape index (κ2) is 12.6. The van der Waals surface area contributed by atoms with Crippen LogP contribution in [0, 0.1) is 0 Å². The smallest absolute Gasteiger partial charge is 0.169 e. The monoisotopic (exact) mass is 358 g/mol. The molecule has 2 rings (SSSR count). The molecule has 0 amide bonds. The SMILES string of the molecule is OCCCCCC[n+]1ccc(-c2cc[n+](CCCCCCO)cc2)cc1. The lowest BCUT2D eigenvalue weighted by molar-refractivity contribution is -0.697. The number of aromatic nitrogens is 2. The summed E-state index contributed by atoms with van der Waals surface area (Å²) in [6, 6.07) is 8.73. The van der Waals surface area contributed by atoms with E-state index in [-0.39, 0.29) is 0 Å². The fourth-order valence-electron chi connectivity index (χ4n) is 3.12. The van der Waals surface area contributed by atoms with Gasteiger partial charge in [-0.25, -0.2) is 9.13 Å². The van der Waals surface area contributed by atoms with Gasteiger partial charge in [-0.3, -0.25) is 0 Å². The van der Waals surface area contributed by atoms with Crippen molar-refractivity contribution in [1.29, 1.82) is 0 Å². The first-order valence-corrected chi connectivity index (χ1v) is 10.0. The Labute approximate surface area is 157 Å². The molecule has 0 unspecified atom stereocenters. The number of aliphatic hydroxyl groups excluding tert-OH is 2. The Morgan fingerprint density at radius 1 is 0.500 bits per heavy atom. The second-order valence-corrected chi connectivity index (χ2v) is 6.92. The van der Waals surface area contributed by atoms with Crippen LogP contribution < -0.4 is 9.13 Å². The Morgan fingerprint density at radius 2 is 0.846 bits per heavy atom. The van der Waals surface area contributed by atoms with Gasteiger partial charge in [-0.2, -0.15) is 0 Å². The summed E-state index contributed by atoms with van der Waals surface area (Å²) in [4.78, 5) is 0. The molecule has 0 aliphatic carbocycles. The molecule has 0 aliphatic rings. The molecule has 0 fully saturated rings. The quantitative estimate of drug-likeness (QED) is 0.427. The van der Waals surface area contributed by atoms with Gasteiger partial charge in [-0.15, -0.1) is 0 Å². The third-order valence-electron chi connectivity index (χ3n) is 4.76. The average Bonchev–Trinajstić information content (AvgIpc) is 2.69. The van der Waals surface area contributed by atoms with Gasteiger partial charge in [0.15, 0.2) is 24.8 Å².